The van der Waals surface area contributed by atoms with Gasteiger partial charge in [-0.25, -0.2) is 9.48 Å². The lowest BCUT2D eigenvalue weighted by Gasteiger charge is -2.33. The van der Waals surface area contributed by atoms with Crippen molar-refractivity contribution >= 4 is 5.97 Å². The summed E-state index contributed by atoms with van der Waals surface area (Å²) in [5, 5.41) is 7.65. The molecule has 2 N–H and O–H groups in total. The number of nitrogens with two attached hydrogens (primary N) is 1. The van der Waals surface area contributed by atoms with E-state index >= 15 is 0 Å². The number of methoxy groups -OCH3 is 1. The second-order valence-electron chi connectivity index (χ2n) is 3.80. The molecule has 82 valence electrons. The number of carbonyl (C=O) groups excluding carboxylic acids is 1. The van der Waals surface area contributed by atoms with Crippen LogP contribution in [0.5, 0.6) is 0 Å². The number of hydrogen-bond donors (Lipinski definition) is 1. The molecule has 1 heterocycles. The van der Waals surface area contributed by atoms with Crippen LogP contribution in [0.15, 0.2) is 6.20 Å². The van der Waals surface area contributed by atoms with Gasteiger partial charge in [0.15, 0.2) is 5.69 Å². The van der Waals surface area contributed by atoms with Crippen LogP contribution < -0.4 is 5.73 Å². The lowest BCUT2D eigenvalue weighted by molar-refractivity contribution is 0.0594. The topological polar surface area (TPSA) is 83.0 Å². The Hall–Kier alpha value is -1.43. The quantitative estimate of drug-likeness (QED) is 0.708. The molecule has 6 heteroatoms. The predicted octanol–water partition coefficient (Wildman–Crippen LogP) is -0.0255. The average Bonchev–Trinajstić information content (AvgIpc) is 2.64. The molecule has 0 bridgehead atoms. The zero-order valence-electron chi connectivity index (χ0n) is 8.59. The van der Waals surface area contributed by atoms with Crippen LogP contribution in [0.1, 0.15) is 29.4 Å². The van der Waals surface area contributed by atoms with E-state index in [1.807, 2.05) is 0 Å². The number of aromatic nitrogens is 3. The van der Waals surface area contributed by atoms with Crippen molar-refractivity contribution in [2.24, 2.45) is 11.7 Å². The van der Waals surface area contributed by atoms with Crippen LogP contribution in [0.3, 0.4) is 0 Å². The van der Waals surface area contributed by atoms with Gasteiger partial charge in [-0.15, -0.1) is 5.10 Å². The molecule has 0 aliphatic heterocycles. The summed E-state index contributed by atoms with van der Waals surface area (Å²) in [6.07, 6.45) is 3.66. The Morgan fingerprint density at radius 2 is 2.47 bits per heavy atom. The zero-order chi connectivity index (χ0) is 10.8. The number of rotatable bonds is 3. The minimum atomic E-state index is -0.448. The van der Waals surface area contributed by atoms with Gasteiger partial charge in [0.2, 0.25) is 0 Å². The van der Waals surface area contributed by atoms with Gasteiger partial charge in [0.05, 0.1) is 19.3 Å². The fraction of sp³-hybridized carbons (Fsp3) is 0.667. The van der Waals surface area contributed by atoms with E-state index in [2.05, 4.69) is 15.0 Å². The molecule has 0 unspecified atom stereocenters. The summed E-state index contributed by atoms with van der Waals surface area (Å²) in [7, 11) is 1.33. The normalized spacial score (nSPS) is 24.7. The van der Waals surface area contributed by atoms with Crippen LogP contribution in [0.4, 0.5) is 0 Å². The van der Waals surface area contributed by atoms with Crippen molar-refractivity contribution in [3.05, 3.63) is 11.9 Å². The Morgan fingerprint density at radius 1 is 1.73 bits per heavy atom. The van der Waals surface area contributed by atoms with Crippen LogP contribution in [0, 0.1) is 5.92 Å². The minimum absolute atomic E-state index is 0.258. The van der Waals surface area contributed by atoms with E-state index < -0.39 is 5.97 Å². The summed E-state index contributed by atoms with van der Waals surface area (Å²) < 4.78 is 6.27. The molecule has 2 rings (SSSR count). The smallest absolute Gasteiger partial charge is 0.360 e. The van der Waals surface area contributed by atoms with Gasteiger partial charge in [-0.2, -0.15) is 0 Å². The Bertz CT molecular complexity index is 357. The molecule has 0 aromatic carbocycles. The molecule has 1 aromatic heterocycles. The summed E-state index contributed by atoms with van der Waals surface area (Å²) in [6.45, 7) is 0.717. The van der Waals surface area contributed by atoms with E-state index in [9.17, 15) is 4.79 Å². The van der Waals surface area contributed by atoms with Crippen LogP contribution in [0.25, 0.3) is 0 Å². The third kappa shape index (κ3) is 1.85. The molecule has 0 radical (unpaired) electrons. The Labute approximate surface area is 87.4 Å². The summed E-state index contributed by atoms with van der Waals surface area (Å²) in [4.78, 5) is 11.1. The summed E-state index contributed by atoms with van der Waals surface area (Å²) >= 11 is 0. The van der Waals surface area contributed by atoms with Gasteiger partial charge in [0.1, 0.15) is 0 Å². The molecule has 6 nitrogen and oxygen atoms in total. The molecule has 0 atom stereocenters. The molecule has 0 saturated heterocycles. The first-order valence-electron chi connectivity index (χ1n) is 4.94. The van der Waals surface area contributed by atoms with Crippen LogP contribution >= 0.6 is 0 Å². The zero-order valence-corrected chi connectivity index (χ0v) is 8.59. The van der Waals surface area contributed by atoms with Gasteiger partial charge >= 0.3 is 5.97 Å². The monoisotopic (exact) mass is 210 g/mol. The van der Waals surface area contributed by atoms with Gasteiger partial charge < -0.3 is 10.5 Å². The summed E-state index contributed by atoms with van der Waals surface area (Å²) in [6, 6.07) is 0.337. The van der Waals surface area contributed by atoms with E-state index in [1.165, 1.54) is 7.11 Å². The maximum Gasteiger partial charge on any atom is 0.360 e. The second kappa shape index (κ2) is 3.98. The molecular formula is C9H14N4O2. The first-order chi connectivity index (χ1) is 7.24. The van der Waals surface area contributed by atoms with Crippen molar-refractivity contribution in [3.8, 4) is 0 Å². The maximum absolute atomic E-state index is 11.1. The molecule has 1 fully saturated rings. The van der Waals surface area contributed by atoms with Crippen molar-refractivity contribution in [1.82, 2.24) is 15.0 Å². The Morgan fingerprint density at radius 3 is 3.07 bits per heavy atom. The lowest BCUT2D eigenvalue weighted by atomic mass is 9.80. The average molecular weight is 210 g/mol. The van der Waals surface area contributed by atoms with Crippen LogP contribution in [0.2, 0.25) is 0 Å². The van der Waals surface area contributed by atoms with Gasteiger partial charge in [-0.3, -0.25) is 0 Å². The number of carbonyl (C=O) groups is 1. The third-order valence-corrected chi connectivity index (χ3v) is 2.82. The highest BCUT2D eigenvalue weighted by atomic mass is 16.5. The van der Waals surface area contributed by atoms with E-state index in [4.69, 9.17) is 5.73 Å². The minimum Gasteiger partial charge on any atom is -0.464 e. The molecule has 1 aliphatic rings. The van der Waals surface area contributed by atoms with Gasteiger partial charge in [-0.05, 0) is 25.3 Å². The SMILES string of the molecule is COC(=O)c1cn(C2CC(CN)C2)nn1. The van der Waals surface area contributed by atoms with Crippen molar-refractivity contribution in [2.45, 2.75) is 18.9 Å². The van der Waals surface area contributed by atoms with E-state index in [1.54, 1.807) is 10.9 Å². The molecular weight excluding hydrogens is 196 g/mol. The molecule has 1 saturated carbocycles. The first kappa shape index (κ1) is 10.1. The number of nitrogens with zero attached hydrogens (tertiary/aromatic N) is 3. The largest absolute Gasteiger partial charge is 0.464 e. The maximum atomic E-state index is 11.1. The van der Waals surface area contributed by atoms with E-state index in [0.717, 1.165) is 19.4 Å². The standard InChI is InChI=1S/C9H14N4O2/c1-15-9(14)8-5-13(12-11-8)7-2-6(3-7)4-10/h5-7H,2-4,10H2,1H3. The van der Waals surface area contributed by atoms with Crippen molar-refractivity contribution in [2.75, 3.05) is 13.7 Å². The van der Waals surface area contributed by atoms with Gasteiger partial charge in [0.25, 0.3) is 0 Å². The highest BCUT2D eigenvalue weighted by Gasteiger charge is 2.30. The first-order valence-corrected chi connectivity index (χ1v) is 4.94. The summed E-state index contributed by atoms with van der Waals surface area (Å²) in [5.74, 6) is 0.136. The summed E-state index contributed by atoms with van der Waals surface area (Å²) in [5.41, 5.74) is 5.79. The Balaban J connectivity index is 1.99. The lowest BCUT2D eigenvalue weighted by Crippen LogP contribution is -2.32. The molecule has 0 amide bonds. The number of ether oxygens (including phenoxy) is 1. The molecule has 0 spiro atoms. The Kier molecular flexibility index (Phi) is 2.68. The third-order valence-electron chi connectivity index (χ3n) is 2.82. The van der Waals surface area contributed by atoms with Crippen molar-refractivity contribution in [3.63, 3.8) is 0 Å². The molecule has 1 aromatic rings. The van der Waals surface area contributed by atoms with Crippen LogP contribution in [-0.2, 0) is 4.74 Å². The van der Waals surface area contributed by atoms with Crippen molar-refractivity contribution in [1.29, 1.82) is 0 Å². The van der Waals surface area contributed by atoms with Crippen molar-refractivity contribution < 1.29 is 9.53 Å². The molecule has 1 aliphatic carbocycles. The van der Waals surface area contributed by atoms with Crippen LogP contribution in [-0.4, -0.2) is 34.6 Å². The van der Waals surface area contributed by atoms with E-state index in [-0.39, 0.29) is 5.69 Å². The second-order valence-corrected chi connectivity index (χ2v) is 3.80. The number of esters is 1. The van der Waals surface area contributed by atoms with Gasteiger partial charge in [-0.1, -0.05) is 5.21 Å². The fourth-order valence-electron chi connectivity index (χ4n) is 1.76. The number of hydrogen-bond acceptors (Lipinski definition) is 5. The molecule has 15 heavy (non-hydrogen) atoms. The fourth-order valence-corrected chi connectivity index (χ4v) is 1.76. The van der Waals surface area contributed by atoms with E-state index in [0.29, 0.717) is 12.0 Å². The predicted molar refractivity (Wildman–Crippen MR) is 52.2 cm³/mol. The highest BCUT2D eigenvalue weighted by Crippen LogP contribution is 2.36. The van der Waals surface area contributed by atoms with Gasteiger partial charge in [0, 0.05) is 0 Å². The highest BCUT2D eigenvalue weighted by molar-refractivity contribution is 5.86.